The van der Waals surface area contributed by atoms with Crippen molar-refractivity contribution in [1.29, 1.82) is 0 Å². The van der Waals surface area contributed by atoms with Gasteiger partial charge in [0.25, 0.3) is 0 Å². The zero-order valence-corrected chi connectivity index (χ0v) is 22.9. The summed E-state index contributed by atoms with van der Waals surface area (Å²) in [7, 11) is 1.34. The van der Waals surface area contributed by atoms with Gasteiger partial charge < -0.3 is 20.5 Å². The number of nitrogens with zero attached hydrogens (tertiary/aromatic N) is 4. The summed E-state index contributed by atoms with van der Waals surface area (Å²) in [6.07, 6.45) is 6.71. The van der Waals surface area contributed by atoms with Gasteiger partial charge in [-0.2, -0.15) is 5.10 Å². The molecule has 2 fully saturated rings. The Morgan fingerprint density at radius 2 is 1.93 bits per heavy atom. The van der Waals surface area contributed by atoms with Crippen molar-refractivity contribution in [3.8, 4) is 11.3 Å². The molecule has 1 saturated carbocycles. The second-order valence-corrected chi connectivity index (χ2v) is 11.0. The molecule has 1 amide bonds. The standard InChI is InChI=1S/C30H32F2N6O3/c1-16-7-18(10-25(33)29(16)36-30(39)40-2)22-5-6-34-12-19(22)11-27-35-13-21-3-4-26(37-38(21)27)28-23(31)8-17(9-24(28)32)20-14-41-15-20/h3-6,8-9,12-13,16,18,20,25,29H,7,10-11,14-15,33H2,1-2H3,(H,36,39)/t16-,18+,25+,29-/m0/s1. The van der Waals surface area contributed by atoms with Crippen LogP contribution in [0, 0.1) is 17.6 Å². The predicted octanol–water partition coefficient (Wildman–Crippen LogP) is 4.34. The Bertz CT molecular complexity index is 1550. The quantitative estimate of drug-likeness (QED) is 0.359. The number of halogens is 2. The molecule has 4 atom stereocenters. The maximum Gasteiger partial charge on any atom is 0.407 e. The van der Waals surface area contributed by atoms with Gasteiger partial charge in [-0.15, -0.1) is 0 Å². The molecule has 3 N–H and O–H groups in total. The molecule has 0 spiro atoms. The van der Waals surface area contributed by atoms with Gasteiger partial charge in [0.1, 0.15) is 17.5 Å². The van der Waals surface area contributed by atoms with Crippen LogP contribution in [0.2, 0.25) is 0 Å². The summed E-state index contributed by atoms with van der Waals surface area (Å²) in [5.74, 6) is -0.386. The number of nitrogens with one attached hydrogen (secondary N) is 1. The summed E-state index contributed by atoms with van der Waals surface area (Å²) in [6, 6.07) is 7.68. The van der Waals surface area contributed by atoms with Crippen molar-refractivity contribution in [2.24, 2.45) is 11.7 Å². The van der Waals surface area contributed by atoms with Crippen LogP contribution in [0.3, 0.4) is 0 Å². The van der Waals surface area contributed by atoms with E-state index in [1.54, 1.807) is 29.0 Å². The lowest BCUT2D eigenvalue weighted by Gasteiger charge is -2.39. The molecular formula is C30H32F2N6O3. The van der Waals surface area contributed by atoms with Crippen molar-refractivity contribution in [2.75, 3.05) is 20.3 Å². The number of alkyl carbamates (subject to hydrolysis) is 1. The second kappa shape index (κ2) is 11.1. The third-order valence-corrected chi connectivity index (χ3v) is 8.37. The molecule has 3 aromatic heterocycles. The van der Waals surface area contributed by atoms with Crippen LogP contribution in [-0.4, -0.2) is 58.1 Å². The van der Waals surface area contributed by atoms with Gasteiger partial charge in [0.15, 0.2) is 0 Å². The Kier molecular flexibility index (Phi) is 7.39. The van der Waals surface area contributed by atoms with Gasteiger partial charge in [0.2, 0.25) is 0 Å². The largest absolute Gasteiger partial charge is 0.453 e. The minimum atomic E-state index is -0.655. The number of hydrogen-bond donors (Lipinski definition) is 2. The lowest BCUT2D eigenvalue weighted by Crippen LogP contribution is -2.54. The van der Waals surface area contributed by atoms with Crippen LogP contribution in [0.15, 0.2) is 48.9 Å². The molecule has 9 nitrogen and oxygen atoms in total. The minimum Gasteiger partial charge on any atom is -0.453 e. The van der Waals surface area contributed by atoms with E-state index in [0.717, 1.165) is 17.5 Å². The van der Waals surface area contributed by atoms with E-state index >= 15 is 8.78 Å². The number of hydrogen-bond acceptors (Lipinski definition) is 7. The average molecular weight is 563 g/mol. The number of fused-ring (bicyclic) bond motifs is 1. The van der Waals surface area contributed by atoms with E-state index in [9.17, 15) is 4.79 Å². The third-order valence-electron chi connectivity index (χ3n) is 8.37. The van der Waals surface area contributed by atoms with Crippen LogP contribution in [-0.2, 0) is 15.9 Å². The number of nitrogens with two attached hydrogens (primary N) is 1. The average Bonchev–Trinajstić information content (AvgIpc) is 3.31. The summed E-state index contributed by atoms with van der Waals surface area (Å²) in [6.45, 7) is 3.01. The third kappa shape index (κ3) is 5.27. The highest BCUT2D eigenvalue weighted by Crippen LogP contribution is 2.38. The first-order chi connectivity index (χ1) is 19.8. The van der Waals surface area contributed by atoms with Crippen molar-refractivity contribution < 1.29 is 23.0 Å². The van der Waals surface area contributed by atoms with Crippen LogP contribution in [0.25, 0.3) is 16.8 Å². The Balaban J connectivity index is 1.28. The van der Waals surface area contributed by atoms with Crippen molar-refractivity contribution in [3.05, 3.63) is 83.1 Å². The smallest absolute Gasteiger partial charge is 0.407 e. The van der Waals surface area contributed by atoms with Crippen molar-refractivity contribution >= 4 is 11.6 Å². The fraction of sp³-hybridized carbons (Fsp3) is 0.400. The number of rotatable bonds is 6. The van der Waals surface area contributed by atoms with E-state index < -0.39 is 17.7 Å². The number of carbonyl (C=O) groups excluding carboxylic acids is 1. The van der Waals surface area contributed by atoms with E-state index in [1.807, 2.05) is 12.3 Å². The van der Waals surface area contributed by atoms with E-state index in [4.69, 9.17) is 15.2 Å². The first-order valence-corrected chi connectivity index (χ1v) is 13.8. The molecule has 2 aliphatic rings. The number of aromatic nitrogens is 4. The number of imidazole rings is 1. The van der Waals surface area contributed by atoms with E-state index in [0.29, 0.717) is 43.0 Å². The van der Waals surface area contributed by atoms with Crippen LogP contribution in [0.5, 0.6) is 0 Å². The number of carbonyl (C=O) groups is 1. The molecule has 4 heterocycles. The van der Waals surface area contributed by atoms with E-state index in [2.05, 4.69) is 27.3 Å². The van der Waals surface area contributed by atoms with Gasteiger partial charge in [-0.05, 0) is 71.7 Å². The molecule has 4 aromatic rings. The van der Waals surface area contributed by atoms with Gasteiger partial charge >= 0.3 is 6.09 Å². The van der Waals surface area contributed by atoms with Gasteiger partial charge in [-0.25, -0.2) is 23.1 Å². The molecule has 0 bridgehead atoms. The van der Waals surface area contributed by atoms with Crippen molar-refractivity contribution in [3.63, 3.8) is 0 Å². The van der Waals surface area contributed by atoms with Crippen LogP contribution >= 0.6 is 0 Å². The first-order valence-electron chi connectivity index (χ1n) is 13.8. The Hall–Kier alpha value is -3.96. The highest BCUT2D eigenvalue weighted by molar-refractivity contribution is 5.67. The van der Waals surface area contributed by atoms with Gasteiger partial charge in [-0.1, -0.05) is 6.92 Å². The molecule has 1 aliphatic carbocycles. The zero-order valence-electron chi connectivity index (χ0n) is 22.9. The SMILES string of the molecule is COC(=O)N[C@@H]1[C@H](N)C[C@H](c2ccncc2Cc2ncc3ccc(-c4c(F)cc(C5COC5)cc4F)nn23)C[C@@H]1C. The highest BCUT2D eigenvalue weighted by Gasteiger charge is 2.36. The number of amides is 1. The maximum absolute atomic E-state index is 15.1. The van der Waals surface area contributed by atoms with Crippen LogP contribution < -0.4 is 11.1 Å². The summed E-state index contributed by atoms with van der Waals surface area (Å²) in [5.41, 5.74) is 9.92. The number of benzene rings is 1. The normalized spacial score (nSPS) is 22.9. The fourth-order valence-electron chi connectivity index (χ4n) is 6.13. The molecular weight excluding hydrogens is 530 g/mol. The van der Waals surface area contributed by atoms with Crippen LogP contribution in [0.1, 0.15) is 54.1 Å². The molecule has 0 radical (unpaired) electrons. The van der Waals surface area contributed by atoms with Gasteiger partial charge in [0.05, 0.1) is 43.3 Å². The molecule has 41 heavy (non-hydrogen) atoms. The molecule has 0 unspecified atom stereocenters. The van der Waals surface area contributed by atoms with Crippen LogP contribution in [0.4, 0.5) is 13.6 Å². The molecule has 6 rings (SSSR count). The minimum absolute atomic E-state index is 0.00844. The zero-order chi connectivity index (χ0) is 28.7. The summed E-state index contributed by atoms with van der Waals surface area (Å²) >= 11 is 0. The molecule has 1 saturated heterocycles. The summed E-state index contributed by atoms with van der Waals surface area (Å²) < 4.78 is 41.8. The summed E-state index contributed by atoms with van der Waals surface area (Å²) in [4.78, 5) is 20.7. The Morgan fingerprint density at radius 3 is 2.61 bits per heavy atom. The lowest BCUT2D eigenvalue weighted by molar-refractivity contribution is 0.00822. The van der Waals surface area contributed by atoms with E-state index in [-0.39, 0.29) is 41.1 Å². The lowest BCUT2D eigenvalue weighted by atomic mass is 9.72. The monoisotopic (exact) mass is 562 g/mol. The number of ether oxygens (including phenoxy) is 2. The van der Waals surface area contributed by atoms with Crippen molar-refractivity contribution in [1.82, 2.24) is 24.9 Å². The topological polar surface area (TPSA) is 117 Å². The van der Waals surface area contributed by atoms with Crippen molar-refractivity contribution in [2.45, 2.75) is 50.1 Å². The summed E-state index contributed by atoms with van der Waals surface area (Å²) in [5, 5.41) is 7.47. The van der Waals surface area contributed by atoms with Gasteiger partial charge in [0, 0.05) is 36.8 Å². The molecule has 1 aliphatic heterocycles. The predicted molar refractivity (Wildman–Crippen MR) is 147 cm³/mol. The molecule has 1 aromatic carbocycles. The number of methoxy groups -OCH3 is 1. The molecule has 214 valence electrons. The second-order valence-electron chi connectivity index (χ2n) is 11.0. The molecule has 11 heteroatoms. The Labute approximate surface area is 236 Å². The van der Waals surface area contributed by atoms with Gasteiger partial charge in [-0.3, -0.25) is 4.98 Å². The highest BCUT2D eigenvalue weighted by atomic mass is 19.1. The fourth-order valence-corrected chi connectivity index (χ4v) is 6.13. The van der Waals surface area contributed by atoms with E-state index in [1.165, 1.54) is 19.2 Å². The number of pyridine rings is 1. The first kappa shape index (κ1) is 27.2. The Morgan fingerprint density at radius 1 is 1.15 bits per heavy atom. The maximum atomic E-state index is 15.1.